The molecule has 1 amide bonds. The minimum absolute atomic E-state index is 0.0832. The zero-order valence-electron chi connectivity index (χ0n) is 35.0. The van der Waals surface area contributed by atoms with Crippen molar-refractivity contribution in [3.05, 3.63) is 123 Å². The quantitative estimate of drug-likeness (QED) is 0.0768. The Kier molecular flexibility index (Phi) is 12.5. The zero-order chi connectivity index (χ0) is 44.5. The molecular formula is C46H49ClF2N6O7S. The van der Waals surface area contributed by atoms with Gasteiger partial charge in [-0.15, -0.1) is 0 Å². The standard InChI is InChI=1S/C46H49ClF2N6O7S/c1-45(2)13-11-32(37(27-45)30-3-5-33(47)6-4-30)28-53-17-19-54(20-18-53)34-7-9-36(42(24-34)62-43-23-31-12-16-50-40(31)26-38(43)48)44(56)52-63(59,60)35-8-10-39(41(25-35)55(57)58)51-29-46(49)14-21-61-22-15-46/h3-10,12,16,23-26,50-51H,11,13-15,17-22,27-29H2,1-2H3,(H,52,56). The lowest BCUT2D eigenvalue weighted by Crippen LogP contribution is -2.47. The third-order valence-electron chi connectivity index (χ3n) is 12.3. The van der Waals surface area contributed by atoms with Gasteiger partial charge in [-0.3, -0.25) is 19.8 Å². The minimum atomic E-state index is -4.71. The molecule has 0 atom stereocenters. The molecule has 0 spiro atoms. The van der Waals surface area contributed by atoms with Crippen molar-refractivity contribution in [2.24, 2.45) is 5.41 Å². The predicted octanol–water partition coefficient (Wildman–Crippen LogP) is 9.50. The number of aromatic amines is 1. The zero-order valence-corrected chi connectivity index (χ0v) is 36.6. The minimum Gasteiger partial charge on any atom is -0.453 e. The van der Waals surface area contributed by atoms with E-state index in [2.05, 4.69) is 46.1 Å². The molecule has 63 heavy (non-hydrogen) atoms. The lowest BCUT2D eigenvalue weighted by Gasteiger charge is -2.39. The number of nitro groups is 1. The van der Waals surface area contributed by atoms with Crippen LogP contribution in [0.3, 0.4) is 0 Å². The smallest absolute Gasteiger partial charge is 0.293 e. The van der Waals surface area contributed by atoms with Crippen LogP contribution in [0.4, 0.5) is 25.8 Å². The highest BCUT2D eigenvalue weighted by Crippen LogP contribution is 2.44. The molecule has 4 aromatic carbocycles. The molecule has 3 N–H and O–H groups in total. The van der Waals surface area contributed by atoms with E-state index in [1.807, 2.05) is 16.9 Å². The number of carbonyl (C=O) groups is 1. The Bertz CT molecular complexity index is 2680. The summed E-state index contributed by atoms with van der Waals surface area (Å²) in [5.74, 6) is -2.10. The number of rotatable bonds is 13. The number of hydrogen-bond donors (Lipinski definition) is 3. The first-order valence-corrected chi connectivity index (χ1v) is 22.8. The number of nitrogens with one attached hydrogen (secondary N) is 3. The first-order chi connectivity index (χ1) is 30.0. The first-order valence-electron chi connectivity index (χ1n) is 20.9. The van der Waals surface area contributed by atoms with E-state index in [9.17, 15) is 23.3 Å². The molecule has 3 heterocycles. The number of alkyl halides is 1. The van der Waals surface area contributed by atoms with E-state index in [0.29, 0.717) is 34.7 Å². The van der Waals surface area contributed by atoms with Crippen LogP contribution in [-0.4, -0.2) is 87.3 Å². The van der Waals surface area contributed by atoms with E-state index in [4.69, 9.17) is 21.1 Å². The number of benzene rings is 4. The fraction of sp³-hybridized carbons (Fsp3) is 0.370. The molecule has 17 heteroatoms. The van der Waals surface area contributed by atoms with Crippen molar-refractivity contribution < 1.29 is 36.4 Å². The van der Waals surface area contributed by atoms with Crippen molar-refractivity contribution >= 4 is 61.1 Å². The molecule has 0 saturated carbocycles. The van der Waals surface area contributed by atoms with Crippen molar-refractivity contribution in [2.75, 3.05) is 62.7 Å². The Morgan fingerprint density at radius 1 is 0.968 bits per heavy atom. The van der Waals surface area contributed by atoms with E-state index in [1.165, 1.54) is 34.9 Å². The second kappa shape index (κ2) is 17.9. The van der Waals surface area contributed by atoms with Gasteiger partial charge in [0, 0.05) is 111 Å². The Morgan fingerprint density at radius 2 is 1.71 bits per heavy atom. The van der Waals surface area contributed by atoms with Gasteiger partial charge in [0.15, 0.2) is 11.6 Å². The summed E-state index contributed by atoms with van der Waals surface area (Å²) in [6.45, 7) is 8.42. The maximum atomic E-state index is 15.5. The molecule has 13 nitrogen and oxygen atoms in total. The van der Waals surface area contributed by atoms with Crippen LogP contribution < -0.4 is 19.7 Å². The lowest BCUT2D eigenvalue weighted by molar-refractivity contribution is -0.384. The maximum absolute atomic E-state index is 15.5. The number of halogens is 3. The molecular weight excluding hydrogens is 854 g/mol. The second-order valence-corrected chi connectivity index (χ2v) is 19.4. The van der Waals surface area contributed by atoms with Crippen molar-refractivity contribution in [1.82, 2.24) is 14.6 Å². The van der Waals surface area contributed by atoms with E-state index >= 15 is 8.78 Å². The Morgan fingerprint density at radius 3 is 2.44 bits per heavy atom. The molecule has 0 unspecified atom stereocenters. The van der Waals surface area contributed by atoms with Gasteiger partial charge in [0.2, 0.25) is 0 Å². The van der Waals surface area contributed by atoms with Gasteiger partial charge < -0.3 is 24.7 Å². The molecule has 2 saturated heterocycles. The van der Waals surface area contributed by atoms with Crippen LogP contribution in [0.1, 0.15) is 61.9 Å². The van der Waals surface area contributed by atoms with Gasteiger partial charge in [-0.25, -0.2) is 21.9 Å². The number of fused-ring (bicyclic) bond motifs is 1. The summed E-state index contributed by atoms with van der Waals surface area (Å²) in [4.78, 5) is 32.1. The fourth-order valence-corrected chi connectivity index (χ4v) is 9.62. The molecule has 3 aliphatic rings. The Balaban J connectivity index is 1.02. The van der Waals surface area contributed by atoms with Gasteiger partial charge in [-0.2, -0.15) is 0 Å². The van der Waals surface area contributed by atoms with Crippen LogP contribution in [0.25, 0.3) is 16.5 Å². The molecule has 5 aromatic rings. The average Bonchev–Trinajstić information content (AvgIpc) is 3.71. The van der Waals surface area contributed by atoms with Crippen molar-refractivity contribution in [3.8, 4) is 11.5 Å². The molecule has 1 aliphatic carbocycles. The topological polar surface area (TPSA) is 159 Å². The summed E-state index contributed by atoms with van der Waals surface area (Å²) >= 11 is 6.23. The van der Waals surface area contributed by atoms with E-state index in [1.54, 1.807) is 24.4 Å². The number of nitro benzene ring substituents is 1. The van der Waals surface area contributed by atoms with Crippen LogP contribution in [0.15, 0.2) is 95.5 Å². The lowest BCUT2D eigenvalue weighted by atomic mass is 9.72. The number of carbonyl (C=O) groups excluding carboxylic acids is 1. The van der Waals surface area contributed by atoms with Gasteiger partial charge in [-0.05, 0) is 84.3 Å². The highest BCUT2D eigenvalue weighted by molar-refractivity contribution is 7.90. The van der Waals surface area contributed by atoms with Crippen molar-refractivity contribution in [2.45, 2.75) is 56.5 Å². The van der Waals surface area contributed by atoms with E-state index in [-0.39, 0.29) is 60.8 Å². The number of nitrogens with zero attached hydrogens (tertiary/aromatic N) is 3. The number of piperazine rings is 1. The largest absolute Gasteiger partial charge is 0.453 e. The molecule has 2 aliphatic heterocycles. The van der Waals surface area contributed by atoms with Crippen LogP contribution in [0, 0.1) is 21.3 Å². The molecule has 0 bridgehead atoms. The van der Waals surface area contributed by atoms with Gasteiger partial charge >= 0.3 is 0 Å². The predicted molar refractivity (Wildman–Crippen MR) is 240 cm³/mol. The van der Waals surface area contributed by atoms with Crippen molar-refractivity contribution in [3.63, 3.8) is 0 Å². The first kappa shape index (κ1) is 44.1. The second-order valence-electron chi connectivity index (χ2n) is 17.3. The van der Waals surface area contributed by atoms with Gasteiger partial charge in [0.25, 0.3) is 21.6 Å². The van der Waals surface area contributed by atoms with Crippen LogP contribution in [0.5, 0.6) is 11.5 Å². The number of amides is 1. The average molecular weight is 903 g/mol. The van der Waals surface area contributed by atoms with Crippen LogP contribution >= 0.6 is 11.6 Å². The molecule has 0 radical (unpaired) electrons. The number of sulfonamides is 1. The van der Waals surface area contributed by atoms with Gasteiger partial charge in [0.05, 0.1) is 15.4 Å². The summed E-state index contributed by atoms with van der Waals surface area (Å²) in [7, 11) is -4.71. The SMILES string of the molecule is CC1(C)CCC(CN2CCN(c3ccc(C(=O)NS(=O)(=O)c4ccc(NCC5(F)CCOCC5)c([N+](=O)[O-])c4)c(Oc4cc5cc[nH]c5cc4F)c3)CC2)=C(c2ccc(Cl)cc2)C1. The van der Waals surface area contributed by atoms with Gasteiger partial charge in [-0.1, -0.05) is 43.2 Å². The number of allylic oxidation sites excluding steroid dienone is 1. The Hall–Kier alpha value is -5.55. The third kappa shape index (κ3) is 10.1. The summed E-state index contributed by atoms with van der Waals surface area (Å²) in [5.41, 5.74) is 2.83. The molecule has 2 fully saturated rings. The third-order valence-corrected chi connectivity index (χ3v) is 13.8. The van der Waals surface area contributed by atoms with Crippen LogP contribution in [-0.2, 0) is 14.8 Å². The number of hydrogen-bond acceptors (Lipinski definition) is 10. The highest BCUT2D eigenvalue weighted by atomic mass is 35.5. The number of aromatic nitrogens is 1. The normalized spacial score (nSPS) is 18.0. The number of anilines is 2. The van der Waals surface area contributed by atoms with E-state index < -0.39 is 42.9 Å². The summed E-state index contributed by atoms with van der Waals surface area (Å²) in [6, 6.07) is 20.3. The highest BCUT2D eigenvalue weighted by Gasteiger charge is 2.34. The fourth-order valence-electron chi connectivity index (χ4n) is 8.51. The molecule has 332 valence electrons. The number of H-pyrrole nitrogens is 1. The Labute approximate surface area is 369 Å². The van der Waals surface area contributed by atoms with Crippen molar-refractivity contribution in [1.29, 1.82) is 0 Å². The summed E-state index contributed by atoms with van der Waals surface area (Å²) in [6.07, 6.45) is 4.95. The maximum Gasteiger partial charge on any atom is 0.293 e. The summed E-state index contributed by atoms with van der Waals surface area (Å²) in [5, 5.41) is 16.2. The monoisotopic (exact) mass is 902 g/mol. The summed E-state index contributed by atoms with van der Waals surface area (Å²) < 4.78 is 71.3. The van der Waals surface area contributed by atoms with E-state index in [0.717, 1.165) is 57.1 Å². The van der Waals surface area contributed by atoms with Gasteiger partial charge in [0.1, 0.15) is 17.1 Å². The van der Waals surface area contributed by atoms with Crippen LogP contribution in [0.2, 0.25) is 5.02 Å². The number of ether oxygens (including phenoxy) is 2. The molecule has 8 rings (SSSR count). The molecule has 1 aromatic heterocycles.